The summed E-state index contributed by atoms with van der Waals surface area (Å²) in [5.41, 5.74) is 13.6. The van der Waals surface area contributed by atoms with Crippen molar-refractivity contribution in [2.45, 2.75) is 0 Å². The second kappa shape index (κ2) is 12.6. The minimum Gasteiger partial charge on any atom is -0.456 e. The highest BCUT2D eigenvalue weighted by Gasteiger charge is 2.21. The Morgan fingerprint density at radius 2 is 0.891 bits per heavy atom. The number of hydrogen-bond acceptors (Lipinski definition) is 3. The Kier molecular flexibility index (Phi) is 7.17. The molecule has 0 atom stereocenters. The van der Waals surface area contributed by atoms with Crippen molar-refractivity contribution in [2.24, 2.45) is 0 Å². The quantitative estimate of drug-likeness (QED) is 0.173. The van der Waals surface area contributed by atoms with Crippen LogP contribution in [0.2, 0.25) is 0 Å². The van der Waals surface area contributed by atoms with E-state index in [4.69, 9.17) is 8.83 Å². The summed E-state index contributed by atoms with van der Waals surface area (Å²) in [6.07, 6.45) is 0. The molecule has 11 aromatic rings. The van der Waals surface area contributed by atoms with E-state index in [9.17, 15) is 0 Å². The average Bonchev–Trinajstić information content (AvgIpc) is 3.82. The summed E-state index contributed by atoms with van der Waals surface area (Å²) in [6.45, 7) is 0. The van der Waals surface area contributed by atoms with Gasteiger partial charge in [-0.2, -0.15) is 0 Å². The zero-order chi connectivity index (χ0) is 36.3. The lowest BCUT2D eigenvalue weighted by atomic mass is 9.94. The molecule has 258 valence electrons. The maximum Gasteiger partial charge on any atom is 0.137 e. The molecule has 2 heterocycles. The Hall–Kier alpha value is -7.36. The summed E-state index contributed by atoms with van der Waals surface area (Å²) in [5, 5.41) is 6.91. The van der Waals surface area contributed by atoms with E-state index in [2.05, 4.69) is 181 Å². The number of rotatable bonds is 6. The van der Waals surface area contributed by atoms with Crippen molar-refractivity contribution in [3.8, 4) is 33.4 Å². The van der Waals surface area contributed by atoms with Gasteiger partial charge in [0.25, 0.3) is 0 Å². The van der Waals surface area contributed by atoms with Crippen LogP contribution in [0.25, 0.3) is 88.0 Å². The topological polar surface area (TPSA) is 29.5 Å². The van der Waals surface area contributed by atoms with Crippen LogP contribution in [0.3, 0.4) is 0 Å². The van der Waals surface area contributed by atoms with Crippen molar-refractivity contribution in [3.63, 3.8) is 0 Å². The molecule has 0 aliphatic carbocycles. The first-order valence-electron chi connectivity index (χ1n) is 18.7. The first kappa shape index (κ1) is 31.2. The second-order valence-electron chi connectivity index (χ2n) is 14.1. The fourth-order valence-electron chi connectivity index (χ4n) is 8.21. The molecule has 2 aromatic heterocycles. The second-order valence-corrected chi connectivity index (χ2v) is 14.1. The lowest BCUT2D eigenvalue weighted by molar-refractivity contribution is 0.668. The number of anilines is 3. The van der Waals surface area contributed by atoms with Crippen molar-refractivity contribution in [1.29, 1.82) is 0 Å². The van der Waals surface area contributed by atoms with E-state index in [1.807, 2.05) is 24.3 Å². The van der Waals surface area contributed by atoms with Crippen molar-refractivity contribution in [2.75, 3.05) is 4.90 Å². The largest absolute Gasteiger partial charge is 0.456 e. The highest BCUT2D eigenvalue weighted by molar-refractivity contribution is 6.08. The molecule has 0 spiro atoms. The van der Waals surface area contributed by atoms with E-state index in [1.54, 1.807) is 0 Å². The summed E-state index contributed by atoms with van der Waals surface area (Å²) in [7, 11) is 0. The molecule has 55 heavy (non-hydrogen) atoms. The van der Waals surface area contributed by atoms with Crippen molar-refractivity contribution < 1.29 is 8.83 Å². The van der Waals surface area contributed by atoms with Crippen LogP contribution in [0.1, 0.15) is 0 Å². The summed E-state index contributed by atoms with van der Waals surface area (Å²) >= 11 is 0. The smallest absolute Gasteiger partial charge is 0.137 e. The Morgan fingerprint density at radius 3 is 1.71 bits per heavy atom. The SMILES string of the molecule is c1ccc(-c2ccc(-c3cccc4ccccc34)cc2N(c2ccc(-c3ccc4oc5ccccc5c4c3)cc2)c2ccc3c(c2)oc2ccccc23)cc1. The molecule has 0 radical (unpaired) electrons. The zero-order valence-electron chi connectivity index (χ0n) is 29.8. The molecular weight excluding hydrogens is 671 g/mol. The molecule has 0 N–H and O–H groups in total. The molecule has 0 fully saturated rings. The summed E-state index contributed by atoms with van der Waals surface area (Å²) in [6, 6.07) is 71.2. The van der Waals surface area contributed by atoms with Gasteiger partial charge in [0, 0.05) is 44.5 Å². The highest BCUT2D eigenvalue weighted by atomic mass is 16.3. The van der Waals surface area contributed by atoms with Gasteiger partial charge in [0.1, 0.15) is 22.3 Å². The van der Waals surface area contributed by atoms with Gasteiger partial charge in [-0.25, -0.2) is 0 Å². The van der Waals surface area contributed by atoms with Gasteiger partial charge >= 0.3 is 0 Å². The van der Waals surface area contributed by atoms with Crippen molar-refractivity contribution >= 4 is 71.7 Å². The van der Waals surface area contributed by atoms with E-state index in [-0.39, 0.29) is 0 Å². The van der Waals surface area contributed by atoms with E-state index < -0.39 is 0 Å². The predicted octanol–water partition coefficient (Wildman–Crippen LogP) is 15.1. The first-order chi connectivity index (χ1) is 27.2. The zero-order valence-corrected chi connectivity index (χ0v) is 29.8. The van der Waals surface area contributed by atoms with Crippen LogP contribution in [-0.4, -0.2) is 0 Å². The van der Waals surface area contributed by atoms with Gasteiger partial charge in [0.05, 0.1) is 5.69 Å². The van der Waals surface area contributed by atoms with E-state index in [0.29, 0.717) is 0 Å². The molecule has 0 amide bonds. The molecular formula is C52H33NO2. The van der Waals surface area contributed by atoms with Gasteiger partial charge in [0.15, 0.2) is 0 Å². The van der Waals surface area contributed by atoms with Gasteiger partial charge in [-0.3, -0.25) is 0 Å². The fraction of sp³-hybridized carbons (Fsp3) is 0. The van der Waals surface area contributed by atoms with Crippen LogP contribution in [0.5, 0.6) is 0 Å². The van der Waals surface area contributed by atoms with Crippen LogP contribution in [0.4, 0.5) is 17.1 Å². The average molecular weight is 704 g/mol. The van der Waals surface area contributed by atoms with Gasteiger partial charge in [0.2, 0.25) is 0 Å². The lowest BCUT2D eigenvalue weighted by Gasteiger charge is -2.29. The van der Waals surface area contributed by atoms with Crippen LogP contribution in [0.15, 0.2) is 209 Å². The maximum atomic E-state index is 6.47. The molecule has 0 bridgehead atoms. The molecule has 0 aliphatic rings. The minimum atomic E-state index is 0.854. The van der Waals surface area contributed by atoms with Crippen LogP contribution in [-0.2, 0) is 0 Å². The number of hydrogen-bond donors (Lipinski definition) is 0. The Balaban J connectivity index is 1.12. The van der Waals surface area contributed by atoms with Gasteiger partial charge in [-0.15, -0.1) is 0 Å². The first-order valence-corrected chi connectivity index (χ1v) is 18.7. The van der Waals surface area contributed by atoms with E-state index in [1.165, 1.54) is 16.3 Å². The molecule has 0 saturated heterocycles. The molecule has 0 unspecified atom stereocenters. The van der Waals surface area contributed by atoms with Gasteiger partial charge in [-0.1, -0.05) is 140 Å². The van der Waals surface area contributed by atoms with Crippen LogP contribution < -0.4 is 4.90 Å². The molecule has 3 heteroatoms. The van der Waals surface area contributed by atoms with Crippen LogP contribution in [0, 0.1) is 0 Å². The molecule has 11 rings (SSSR count). The number of fused-ring (bicyclic) bond motifs is 7. The van der Waals surface area contributed by atoms with Gasteiger partial charge in [-0.05, 0) is 93.2 Å². The molecule has 3 nitrogen and oxygen atoms in total. The van der Waals surface area contributed by atoms with Crippen molar-refractivity contribution in [1.82, 2.24) is 0 Å². The minimum absolute atomic E-state index is 0.854. The monoisotopic (exact) mass is 703 g/mol. The molecule has 0 saturated carbocycles. The third-order valence-electron chi connectivity index (χ3n) is 10.9. The summed E-state index contributed by atoms with van der Waals surface area (Å²) in [4.78, 5) is 2.38. The number of para-hydroxylation sites is 2. The summed E-state index contributed by atoms with van der Waals surface area (Å²) in [5.74, 6) is 0. The molecule has 9 aromatic carbocycles. The number of nitrogens with zero attached hydrogens (tertiary/aromatic N) is 1. The fourth-order valence-corrected chi connectivity index (χ4v) is 8.21. The third kappa shape index (κ3) is 5.28. The van der Waals surface area contributed by atoms with Gasteiger partial charge < -0.3 is 13.7 Å². The third-order valence-corrected chi connectivity index (χ3v) is 10.9. The van der Waals surface area contributed by atoms with E-state index in [0.717, 1.165) is 88.8 Å². The normalized spacial score (nSPS) is 11.6. The van der Waals surface area contributed by atoms with Crippen molar-refractivity contribution in [3.05, 3.63) is 200 Å². The Labute approximate surface area is 317 Å². The molecule has 0 aliphatic heterocycles. The Bertz CT molecular complexity index is 3200. The van der Waals surface area contributed by atoms with Crippen LogP contribution >= 0.6 is 0 Å². The maximum absolute atomic E-state index is 6.47. The highest BCUT2D eigenvalue weighted by Crippen LogP contribution is 2.45. The number of benzene rings is 9. The summed E-state index contributed by atoms with van der Waals surface area (Å²) < 4.78 is 12.6. The Morgan fingerprint density at radius 1 is 0.291 bits per heavy atom. The standard InChI is InChI=1S/C52H33NO2/c1-2-11-36(12-3-1)43-28-23-38(42-18-10-14-35-13-4-5-15-41(35)42)32-48(43)53(40-27-29-46-44-16-6-8-19-49(44)55-52(46)33-40)39-25-21-34(22-26-39)37-24-30-51-47(31-37)45-17-7-9-20-50(45)54-51/h1-33H. The number of furan rings is 2. The lowest BCUT2D eigenvalue weighted by Crippen LogP contribution is -2.11. The van der Waals surface area contributed by atoms with E-state index >= 15 is 0 Å². The predicted molar refractivity (Wildman–Crippen MR) is 229 cm³/mol.